The molecular weight excluding hydrogens is 369 g/mol. The van der Waals surface area contributed by atoms with E-state index < -0.39 is 17.6 Å². The number of ether oxygens (including phenoxy) is 1. The van der Waals surface area contributed by atoms with Gasteiger partial charge in [-0.05, 0) is 36.4 Å². The van der Waals surface area contributed by atoms with E-state index in [2.05, 4.69) is 10.3 Å². The summed E-state index contributed by atoms with van der Waals surface area (Å²) in [4.78, 5) is 29.8. The van der Waals surface area contributed by atoms with Crippen LogP contribution in [0.2, 0.25) is 0 Å². The molecule has 4 rings (SSSR count). The number of thiophene rings is 1. The number of nitrogens with zero attached hydrogens (tertiary/aromatic N) is 2. The van der Waals surface area contributed by atoms with E-state index in [1.807, 2.05) is 11.4 Å². The Morgan fingerprint density at radius 1 is 1.15 bits per heavy atom. The molecule has 138 valence electrons. The van der Waals surface area contributed by atoms with Crippen molar-refractivity contribution < 1.29 is 18.7 Å². The second-order valence-corrected chi connectivity index (χ2v) is 7.06. The highest BCUT2D eigenvalue weighted by Gasteiger charge is 2.24. The Labute approximate surface area is 158 Å². The van der Waals surface area contributed by atoms with Gasteiger partial charge in [-0.25, -0.2) is 4.39 Å². The number of carbonyl (C=O) groups is 2. The van der Waals surface area contributed by atoms with Crippen molar-refractivity contribution in [3.63, 3.8) is 0 Å². The minimum absolute atomic E-state index is 0.0276. The molecular formula is C19H16FN3O3S. The molecule has 1 saturated heterocycles. The summed E-state index contributed by atoms with van der Waals surface area (Å²) < 4.78 is 20.9. The van der Waals surface area contributed by atoms with Crippen molar-refractivity contribution in [2.45, 2.75) is 12.8 Å². The average molecular weight is 385 g/mol. The molecule has 1 N–H and O–H groups in total. The molecule has 0 aliphatic carbocycles. The maximum atomic E-state index is 14.4. The SMILES string of the molecule is O=C(Nc1ccc(Oc2ccnc3ccsc23)c(F)c1)C(=O)N1CCCC1. The van der Waals surface area contributed by atoms with Crippen LogP contribution in [0.15, 0.2) is 41.9 Å². The minimum Gasteiger partial charge on any atom is -0.453 e. The Balaban J connectivity index is 1.48. The minimum atomic E-state index is -0.764. The Bertz CT molecular complexity index is 1010. The van der Waals surface area contributed by atoms with Gasteiger partial charge in [-0.3, -0.25) is 14.6 Å². The van der Waals surface area contributed by atoms with E-state index in [1.54, 1.807) is 12.3 Å². The summed E-state index contributed by atoms with van der Waals surface area (Å²) in [5.74, 6) is -1.46. The Hall–Kier alpha value is -3.00. The first-order chi connectivity index (χ1) is 13.1. The third kappa shape index (κ3) is 3.61. The van der Waals surface area contributed by atoms with Crippen LogP contribution in [0.1, 0.15) is 12.8 Å². The molecule has 27 heavy (non-hydrogen) atoms. The quantitative estimate of drug-likeness (QED) is 0.697. The van der Waals surface area contributed by atoms with Crippen LogP contribution in [0.4, 0.5) is 10.1 Å². The summed E-state index contributed by atoms with van der Waals surface area (Å²) in [6.07, 6.45) is 3.39. The van der Waals surface area contributed by atoms with Gasteiger partial charge in [-0.2, -0.15) is 0 Å². The molecule has 1 aromatic carbocycles. The summed E-state index contributed by atoms with van der Waals surface area (Å²) >= 11 is 1.46. The second-order valence-electron chi connectivity index (χ2n) is 6.14. The molecule has 0 atom stereocenters. The van der Waals surface area contributed by atoms with E-state index in [-0.39, 0.29) is 11.4 Å². The van der Waals surface area contributed by atoms with Crippen LogP contribution in [-0.2, 0) is 9.59 Å². The molecule has 0 spiro atoms. The van der Waals surface area contributed by atoms with Crippen LogP contribution >= 0.6 is 11.3 Å². The lowest BCUT2D eigenvalue weighted by Gasteiger charge is -2.15. The number of carbonyl (C=O) groups excluding carboxylic acids is 2. The number of hydrogen-bond acceptors (Lipinski definition) is 5. The first kappa shape index (κ1) is 17.4. The Morgan fingerprint density at radius 2 is 1.96 bits per heavy atom. The lowest BCUT2D eigenvalue weighted by molar-refractivity contribution is -0.142. The van der Waals surface area contributed by atoms with Crippen LogP contribution in [0.25, 0.3) is 10.2 Å². The van der Waals surface area contributed by atoms with Gasteiger partial charge in [-0.15, -0.1) is 11.3 Å². The van der Waals surface area contributed by atoms with E-state index in [4.69, 9.17) is 4.74 Å². The summed E-state index contributed by atoms with van der Waals surface area (Å²) in [6.45, 7) is 1.16. The van der Waals surface area contributed by atoms with Crippen molar-refractivity contribution in [2.24, 2.45) is 0 Å². The number of amides is 2. The third-order valence-electron chi connectivity index (χ3n) is 4.30. The van der Waals surface area contributed by atoms with Crippen LogP contribution in [0.3, 0.4) is 0 Å². The zero-order chi connectivity index (χ0) is 18.8. The van der Waals surface area contributed by atoms with Gasteiger partial charge < -0.3 is 15.0 Å². The molecule has 0 bridgehead atoms. The van der Waals surface area contributed by atoms with Gasteiger partial charge in [0.25, 0.3) is 0 Å². The summed E-state index contributed by atoms with van der Waals surface area (Å²) in [5.41, 5.74) is 0.982. The monoisotopic (exact) mass is 385 g/mol. The summed E-state index contributed by atoms with van der Waals surface area (Å²) in [5, 5.41) is 4.33. The normalized spacial score (nSPS) is 13.7. The van der Waals surface area contributed by atoms with E-state index in [0.717, 1.165) is 29.1 Å². The molecule has 1 fully saturated rings. The Morgan fingerprint density at radius 3 is 2.74 bits per heavy atom. The highest BCUT2D eigenvalue weighted by molar-refractivity contribution is 7.17. The van der Waals surface area contributed by atoms with Crippen LogP contribution < -0.4 is 10.1 Å². The van der Waals surface area contributed by atoms with Crippen molar-refractivity contribution >= 4 is 39.1 Å². The highest BCUT2D eigenvalue weighted by Crippen LogP contribution is 2.34. The van der Waals surface area contributed by atoms with Crippen molar-refractivity contribution in [1.29, 1.82) is 0 Å². The standard InChI is InChI=1S/C19H16FN3O3S/c20-13-11-12(22-18(24)19(25)23-8-1-2-9-23)3-4-15(13)26-16-5-7-21-14-6-10-27-17(14)16/h3-7,10-11H,1-2,8-9H2,(H,22,24). The third-order valence-corrected chi connectivity index (χ3v) is 5.22. The first-order valence-electron chi connectivity index (χ1n) is 8.52. The number of pyridine rings is 1. The summed E-state index contributed by atoms with van der Waals surface area (Å²) in [6, 6.07) is 7.59. The number of halogens is 1. The molecule has 0 saturated carbocycles. The molecule has 2 aromatic heterocycles. The zero-order valence-electron chi connectivity index (χ0n) is 14.3. The van der Waals surface area contributed by atoms with Gasteiger partial charge in [0, 0.05) is 37.1 Å². The molecule has 6 nitrogen and oxygen atoms in total. The van der Waals surface area contributed by atoms with Crippen molar-refractivity contribution in [1.82, 2.24) is 9.88 Å². The average Bonchev–Trinajstić information content (AvgIpc) is 3.35. The maximum absolute atomic E-state index is 14.4. The molecule has 1 aliphatic rings. The van der Waals surface area contributed by atoms with Crippen LogP contribution in [0.5, 0.6) is 11.5 Å². The van der Waals surface area contributed by atoms with Gasteiger partial charge in [0.1, 0.15) is 5.75 Å². The summed E-state index contributed by atoms with van der Waals surface area (Å²) in [7, 11) is 0. The zero-order valence-corrected chi connectivity index (χ0v) is 15.1. The predicted octanol–water partition coefficient (Wildman–Crippen LogP) is 3.79. The maximum Gasteiger partial charge on any atom is 0.313 e. The molecule has 0 unspecified atom stereocenters. The fourth-order valence-corrected chi connectivity index (χ4v) is 3.76. The molecule has 3 heterocycles. The predicted molar refractivity (Wildman–Crippen MR) is 101 cm³/mol. The lowest BCUT2D eigenvalue weighted by Crippen LogP contribution is -2.37. The molecule has 1 aliphatic heterocycles. The molecule has 3 aromatic rings. The molecule has 0 radical (unpaired) electrons. The fraction of sp³-hybridized carbons (Fsp3) is 0.211. The van der Waals surface area contributed by atoms with Crippen molar-refractivity contribution in [3.8, 4) is 11.5 Å². The first-order valence-corrected chi connectivity index (χ1v) is 9.39. The van der Waals surface area contributed by atoms with E-state index in [1.165, 1.54) is 28.4 Å². The van der Waals surface area contributed by atoms with Crippen molar-refractivity contribution in [3.05, 3.63) is 47.7 Å². The van der Waals surface area contributed by atoms with Gasteiger partial charge in [-0.1, -0.05) is 0 Å². The van der Waals surface area contributed by atoms with Crippen molar-refractivity contribution in [2.75, 3.05) is 18.4 Å². The topological polar surface area (TPSA) is 71.5 Å². The number of hydrogen-bond donors (Lipinski definition) is 1. The van der Waals surface area contributed by atoms with E-state index in [9.17, 15) is 14.0 Å². The highest BCUT2D eigenvalue weighted by atomic mass is 32.1. The van der Waals surface area contributed by atoms with E-state index >= 15 is 0 Å². The second kappa shape index (κ2) is 7.32. The van der Waals surface area contributed by atoms with Gasteiger partial charge in [0.15, 0.2) is 11.6 Å². The number of aromatic nitrogens is 1. The van der Waals surface area contributed by atoms with Gasteiger partial charge in [0.2, 0.25) is 0 Å². The fourth-order valence-electron chi connectivity index (χ4n) is 2.96. The number of likely N-dealkylation sites (tertiary alicyclic amines) is 1. The Kier molecular flexibility index (Phi) is 4.72. The smallest absolute Gasteiger partial charge is 0.313 e. The number of fused-ring (bicyclic) bond motifs is 1. The van der Waals surface area contributed by atoms with Crippen LogP contribution in [-0.4, -0.2) is 34.8 Å². The number of benzene rings is 1. The number of anilines is 1. The van der Waals surface area contributed by atoms with Gasteiger partial charge in [0.05, 0.1) is 10.2 Å². The number of rotatable bonds is 3. The largest absolute Gasteiger partial charge is 0.453 e. The van der Waals surface area contributed by atoms with E-state index in [0.29, 0.717) is 18.8 Å². The molecule has 2 amide bonds. The van der Waals surface area contributed by atoms with Gasteiger partial charge >= 0.3 is 11.8 Å². The van der Waals surface area contributed by atoms with Crippen LogP contribution in [0, 0.1) is 5.82 Å². The molecule has 8 heteroatoms. The number of nitrogens with one attached hydrogen (secondary N) is 1. The lowest BCUT2D eigenvalue weighted by atomic mass is 10.2.